The van der Waals surface area contributed by atoms with Crippen LogP contribution in [0.4, 0.5) is 30.8 Å². The van der Waals surface area contributed by atoms with Crippen molar-refractivity contribution < 1.29 is 35.9 Å². The van der Waals surface area contributed by atoms with Crippen LogP contribution in [0.25, 0.3) is 0 Å². The van der Waals surface area contributed by atoms with Crippen molar-refractivity contribution in [3.8, 4) is 6.01 Å². The van der Waals surface area contributed by atoms with Crippen LogP contribution < -0.4 is 25.4 Å². The molecule has 0 radical (unpaired) electrons. The molecule has 0 aliphatic heterocycles. The molecule has 47 heavy (non-hydrogen) atoms. The molecule has 12 nitrogen and oxygen atoms in total. The number of aromatic nitrogens is 3. The van der Waals surface area contributed by atoms with Crippen molar-refractivity contribution in [3.05, 3.63) is 64.7 Å². The van der Waals surface area contributed by atoms with Crippen molar-refractivity contribution >= 4 is 51.0 Å². The first-order valence-electron chi connectivity index (χ1n) is 15.0. The largest absolute Gasteiger partial charge is 0.454 e. The number of rotatable bonds is 15. The van der Waals surface area contributed by atoms with Crippen LogP contribution in [0.1, 0.15) is 67.3 Å². The molecule has 1 aromatic heterocycles. The Labute approximate surface area is 274 Å². The van der Waals surface area contributed by atoms with E-state index >= 15 is 0 Å². The summed E-state index contributed by atoms with van der Waals surface area (Å²) in [6.07, 6.45) is -0.251. The third kappa shape index (κ3) is 9.67. The van der Waals surface area contributed by atoms with Crippen molar-refractivity contribution in [1.82, 2.24) is 25.0 Å². The third-order valence-corrected chi connectivity index (χ3v) is 9.86. The second-order valence-corrected chi connectivity index (χ2v) is 13.8. The molecule has 2 fully saturated rings. The summed E-state index contributed by atoms with van der Waals surface area (Å²) in [6.45, 7) is -1.31. The van der Waals surface area contributed by atoms with Crippen LogP contribution in [0.2, 0.25) is 5.02 Å². The lowest BCUT2D eigenvalue weighted by atomic mass is 10.0. The number of ether oxygens (including phenoxy) is 1. The number of unbranched alkanes of at least 4 members (excludes halogenated alkanes) is 1. The van der Waals surface area contributed by atoms with E-state index in [4.69, 9.17) is 16.3 Å². The Hall–Kier alpha value is -4.18. The molecule has 1 heterocycles. The van der Waals surface area contributed by atoms with Crippen molar-refractivity contribution in [3.63, 3.8) is 0 Å². The lowest BCUT2D eigenvalue weighted by molar-refractivity contribution is -0.154. The van der Waals surface area contributed by atoms with E-state index in [-0.39, 0.29) is 30.8 Å². The Morgan fingerprint density at radius 3 is 2.26 bits per heavy atom. The van der Waals surface area contributed by atoms with E-state index in [1.165, 1.54) is 12.1 Å². The van der Waals surface area contributed by atoms with Crippen molar-refractivity contribution in [2.24, 2.45) is 0 Å². The number of sulfonamides is 1. The van der Waals surface area contributed by atoms with E-state index in [0.717, 1.165) is 24.8 Å². The highest BCUT2D eigenvalue weighted by atomic mass is 35.5. The molecule has 0 unspecified atom stereocenters. The summed E-state index contributed by atoms with van der Waals surface area (Å²) >= 11 is 6.01. The lowest BCUT2D eigenvalue weighted by Gasteiger charge is -2.25. The number of amides is 2. The van der Waals surface area contributed by atoms with Crippen LogP contribution in [0.15, 0.2) is 48.5 Å². The molecule has 0 atom stereocenters. The summed E-state index contributed by atoms with van der Waals surface area (Å²) in [7, 11) is -3.61. The van der Waals surface area contributed by atoms with Gasteiger partial charge in [-0.3, -0.25) is 14.3 Å². The quantitative estimate of drug-likeness (QED) is 0.155. The summed E-state index contributed by atoms with van der Waals surface area (Å²) in [5, 5.41) is 8.93. The number of anilines is 3. The molecule has 0 saturated heterocycles. The van der Waals surface area contributed by atoms with Gasteiger partial charge < -0.3 is 20.7 Å². The molecule has 0 bridgehead atoms. The molecule has 2 aliphatic rings. The fourth-order valence-corrected chi connectivity index (χ4v) is 6.46. The summed E-state index contributed by atoms with van der Waals surface area (Å²) < 4.78 is 69.6. The van der Waals surface area contributed by atoms with Gasteiger partial charge in [0, 0.05) is 29.2 Å². The van der Waals surface area contributed by atoms with Gasteiger partial charge in [0.25, 0.3) is 5.91 Å². The number of nitrogens with one attached hydrogen (secondary N) is 4. The maximum atomic E-state index is 12.9. The highest BCUT2D eigenvalue weighted by Crippen LogP contribution is 2.48. The van der Waals surface area contributed by atoms with E-state index in [2.05, 4.69) is 35.6 Å². The molecule has 3 aromatic rings. The first-order chi connectivity index (χ1) is 22.3. The smallest absolute Gasteiger partial charge is 0.422 e. The van der Waals surface area contributed by atoms with Gasteiger partial charge in [0.15, 0.2) is 6.61 Å². The molecule has 4 N–H and O–H groups in total. The lowest BCUT2D eigenvalue weighted by Crippen LogP contribution is -2.41. The summed E-state index contributed by atoms with van der Waals surface area (Å²) in [4.78, 5) is 36.9. The van der Waals surface area contributed by atoms with E-state index in [9.17, 15) is 31.2 Å². The first kappa shape index (κ1) is 34.2. The minimum absolute atomic E-state index is 0.0144. The van der Waals surface area contributed by atoms with Crippen LogP contribution in [0, 0.1) is 0 Å². The normalized spacial score (nSPS) is 15.7. The average molecular weight is 696 g/mol. The summed E-state index contributed by atoms with van der Waals surface area (Å²) in [6, 6.07) is 12.9. The fourth-order valence-electron chi connectivity index (χ4n) is 4.80. The van der Waals surface area contributed by atoms with Crippen molar-refractivity contribution in [2.75, 3.05) is 23.8 Å². The second-order valence-electron chi connectivity index (χ2n) is 11.4. The predicted molar refractivity (Wildman–Crippen MR) is 168 cm³/mol. The maximum Gasteiger partial charge on any atom is 0.422 e. The fraction of sp³-hybridized carbons (Fsp3) is 0.433. The van der Waals surface area contributed by atoms with Gasteiger partial charge in [-0.05, 0) is 80.5 Å². The van der Waals surface area contributed by atoms with Crippen LogP contribution in [0.3, 0.4) is 0 Å². The monoisotopic (exact) mass is 695 g/mol. The predicted octanol–water partition coefficient (Wildman–Crippen LogP) is 5.21. The van der Waals surface area contributed by atoms with E-state index in [1.54, 1.807) is 24.3 Å². The minimum atomic E-state index is -4.60. The number of carbonyl (C=O) groups excluding carboxylic acids is 2. The number of hydrogen-bond acceptors (Lipinski definition) is 10. The summed E-state index contributed by atoms with van der Waals surface area (Å²) in [5.74, 6) is -0.978. The molecule has 17 heteroatoms. The molecule has 5 rings (SSSR count). The van der Waals surface area contributed by atoms with Gasteiger partial charge in [-0.15, -0.1) is 0 Å². The third-order valence-electron chi connectivity index (χ3n) is 7.74. The van der Waals surface area contributed by atoms with Crippen molar-refractivity contribution in [2.45, 2.75) is 68.3 Å². The van der Waals surface area contributed by atoms with Crippen LogP contribution in [-0.2, 0) is 20.4 Å². The molecular weight excluding hydrogens is 663 g/mol. The number of carbonyl (C=O) groups is 2. The number of hydrogen-bond donors (Lipinski definition) is 4. The number of benzene rings is 2. The minimum Gasteiger partial charge on any atom is -0.454 e. The van der Waals surface area contributed by atoms with Gasteiger partial charge in [-0.25, -0.2) is 8.42 Å². The summed E-state index contributed by atoms with van der Waals surface area (Å²) in [5.41, 5.74) is 1.19. The average Bonchev–Trinajstić information content (AvgIpc) is 3.75. The molecule has 252 valence electrons. The van der Waals surface area contributed by atoms with Crippen LogP contribution in [0.5, 0.6) is 6.01 Å². The zero-order valence-corrected chi connectivity index (χ0v) is 26.6. The number of nitrogens with zero attached hydrogens (tertiary/aromatic N) is 3. The van der Waals surface area contributed by atoms with Gasteiger partial charge in [0.1, 0.15) is 0 Å². The number of halogens is 4. The Morgan fingerprint density at radius 1 is 0.957 bits per heavy atom. The molecule has 2 aliphatic carbocycles. The molecular formula is C30H33ClF3N7O5S. The zero-order chi connectivity index (χ0) is 33.7. The van der Waals surface area contributed by atoms with Crippen molar-refractivity contribution in [1.29, 1.82) is 0 Å². The Balaban J connectivity index is 1.15. The standard InChI is InChI=1S/C30H33ClF3N7O5S/c31-21-11-9-20(10-12-21)29(15-16-29)40-27-37-26(38-28(39-27)46-18-30(32,33)34)36-22-13-7-19(8-14-22)25(43)35-17-2-1-6-24(42)41-47(44,45)23-4-3-5-23/h7-14,23H,1-6,15-18H2,(H,35,43)(H,41,42)(H2,36,37,38,39,40). The number of alkyl halides is 3. The van der Waals surface area contributed by atoms with Gasteiger partial charge >= 0.3 is 12.2 Å². The Kier molecular flexibility index (Phi) is 10.4. The van der Waals surface area contributed by atoms with E-state index < -0.39 is 45.5 Å². The SMILES string of the molecule is O=C(CCCCNC(=O)c1ccc(Nc2nc(NC3(c4ccc(Cl)cc4)CC3)nc(OCC(F)(F)F)n2)cc1)NS(=O)(=O)C1CCC1. The van der Waals surface area contributed by atoms with E-state index in [0.29, 0.717) is 42.0 Å². The van der Waals surface area contributed by atoms with E-state index in [1.807, 2.05) is 12.1 Å². The Morgan fingerprint density at radius 2 is 1.64 bits per heavy atom. The van der Waals surface area contributed by atoms with Gasteiger partial charge in [0.05, 0.1) is 10.8 Å². The molecule has 0 spiro atoms. The molecule has 2 aromatic carbocycles. The maximum absolute atomic E-state index is 12.9. The Bertz CT molecular complexity index is 1690. The van der Waals surface area contributed by atoms with Gasteiger partial charge in [-0.2, -0.15) is 28.1 Å². The second kappa shape index (κ2) is 14.3. The highest BCUT2D eigenvalue weighted by Gasteiger charge is 2.45. The van der Waals surface area contributed by atoms with Crippen LogP contribution >= 0.6 is 11.6 Å². The topological polar surface area (TPSA) is 164 Å². The van der Waals surface area contributed by atoms with Gasteiger partial charge in [0.2, 0.25) is 27.8 Å². The highest BCUT2D eigenvalue weighted by molar-refractivity contribution is 7.90. The molecule has 2 saturated carbocycles. The zero-order valence-electron chi connectivity index (χ0n) is 25.1. The molecule has 2 amide bonds. The first-order valence-corrected chi connectivity index (χ1v) is 16.9. The van der Waals surface area contributed by atoms with Crippen LogP contribution in [-0.4, -0.2) is 59.8 Å². The van der Waals surface area contributed by atoms with Gasteiger partial charge in [-0.1, -0.05) is 30.2 Å².